The van der Waals surface area contributed by atoms with Gasteiger partial charge in [0.15, 0.2) is 11.5 Å². The smallest absolute Gasteiger partial charge is 0.168 e. The lowest BCUT2D eigenvalue weighted by Gasteiger charge is -2.18. The molecule has 5 heteroatoms. The fraction of sp³-hybridized carbons (Fsp3) is 0.250. The molecule has 1 fully saturated rings. The van der Waals surface area contributed by atoms with Gasteiger partial charge in [-0.2, -0.15) is 0 Å². The zero-order valence-electron chi connectivity index (χ0n) is 19.0. The fourth-order valence-corrected chi connectivity index (χ4v) is 4.51. The molecular formula is C28H28N2O3. The van der Waals surface area contributed by atoms with Crippen molar-refractivity contribution in [3.8, 4) is 22.9 Å². The number of fused-ring (bicyclic) bond motifs is 1. The normalized spacial score (nSPS) is 14.2. The molecule has 1 aromatic heterocycles. The van der Waals surface area contributed by atoms with Gasteiger partial charge in [-0.15, -0.1) is 0 Å². The lowest BCUT2D eigenvalue weighted by atomic mass is 10.1. The number of ether oxygens (including phenoxy) is 3. The molecule has 0 amide bonds. The van der Waals surface area contributed by atoms with Crippen molar-refractivity contribution >= 4 is 23.2 Å². The summed E-state index contributed by atoms with van der Waals surface area (Å²) in [6.07, 6.45) is 8.94. The van der Waals surface area contributed by atoms with Crippen molar-refractivity contribution in [2.24, 2.45) is 0 Å². The Bertz CT molecular complexity index is 1290. The first-order valence-corrected chi connectivity index (χ1v) is 11.4. The molecule has 1 aliphatic carbocycles. The maximum absolute atomic E-state index is 6.40. The third-order valence-electron chi connectivity index (χ3n) is 6.14. The molecular weight excluding hydrogens is 412 g/mol. The Morgan fingerprint density at radius 2 is 1.55 bits per heavy atom. The quantitative estimate of drug-likeness (QED) is 0.328. The van der Waals surface area contributed by atoms with Crippen LogP contribution in [0.5, 0.6) is 17.2 Å². The molecule has 0 radical (unpaired) electrons. The summed E-state index contributed by atoms with van der Waals surface area (Å²) in [5, 5.41) is 0. The van der Waals surface area contributed by atoms with Crippen molar-refractivity contribution in [3.63, 3.8) is 0 Å². The van der Waals surface area contributed by atoms with Crippen LogP contribution in [-0.4, -0.2) is 29.9 Å². The van der Waals surface area contributed by atoms with E-state index < -0.39 is 0 Å². The van der Waals surface area contributed by atoms with Gasteiger partial charge in [0, 0.05) is 5.56 Å². The minimum Gasteiger partial charge on any atom is -0.495 e. The van der Waals surface area contributed by atoms with E-state index in [1.165, 1.54) is 12.8 Å². The SMILES string of the molecule is COc1ccccc1-n1c(C=Cc2cccc(OC)c2OC2CCCC2)nc2ccccc21. The Balaban J connectivity index is 1.60. The first-order chi connectivity index (χ1) is 16.3. The number of para-hydroxylation sites is 5. The van der Waals surface area contributed by atoms with Gasteiger partial charge in [0.05, 0.1) is 37.0 Å². The number of methoxy groups -OCH3 is 2. The van der Waals surface area contributed by atoms with E-state index >= 15 is 0 Å². The zero-order chi connectivity index (χ0) is 22.6. The van der Waals surface area contributed by atoms with Crippen LogP contribution in [0, 0.1) is 0 Å². The van der Waals surface area contributed by atoms with Crippen LogP contribution < -0.4 is 14.2 Å². The summed E-state index contributed by atoms with van der Waals surface area (Å²) >= 11 is 0. The van der Waals surface area contributed by atoms with E-state index in [1.807, 2.05) is 60.7 Å². The predicted octanol–water partition coefficient (Wildman–Crippen LogP) is 6.53. The van der Waals surface area contributed by atoms with Gasteiger partial charge < -0.3 is 14.2 Å². The molecule has 5 rings (SSSR count). The van der Waals surface area contributed by atoms with Crippen LogP contribution in [-0.2, 0) is 0 Å². The Morgan fingerprint density at radius 3 is 2.36 bits per heavy atom. The zero-order valence-corrected chi connectivity index (χ0v) is 19.0. The van der Waals surface area contributed by atoms with Crippen LogP contribution in [0.25, 0.3) is 28.9 Å². The Hall–Kier alpha value is -3.73. The number of nitrogens with zero attached hydrogens (tertiary/aromatic N) is 2. The first kappa shape index (κ1) is 21.1. The third kappa shape index (κ3) is 4.19. The minimum atomic E-state index is 0.242. The Labute approximate surface area is 194 Å². The molecule has 0 aliphatic heterocycles. The Morgan fingerprint density at radius 1 is 0.818 bits per heavy atom. The maximum Gasteiger partial charge on any atom is 0.168 e. The summed E-state index contributed by atoms with van der Waals surface area (Å²) < 4.78 is 19.8. The van der Waals surface area contributed by atoms with Crippen LogP contribution in [0.2, 0.25) is 0 Å². The van der Waals surface area contributed by atoms with Crippen molar-refractivity contribution in [3.05, 3.63) is 78.1 Å². The number of aromatic nitrogens is 2. The van der Waals surface area contributed by atoms with Crippen molar-refractivity contribution in [1.82, 2.24) is 9.55 Å². The second-order valence-electron chi connectivity index (χ2n) is 8.20. The standard InChI is InChI=1S/C28H28N2O3/c1-31-25-16-8-7-15-24(25)30-23-14-6-5-13-22(23)29-27(30)19-18-20-10-9-17-26(32-2)28(20)33-21-11-3-4-12-21/h5-10,13-19,21H,3-4,11-12H2,1-2H3. The summed E-state index contributed by atoms with van der Waals surface area (Å²) in [5.41, 5.74) is 3.87. The van der Waals surface area contributed by atoms with Crippen LogP contribution in [0.4, 0.5) is 0 Å². The number of hydrogen-bond acceptors (Lipinski definition) is 4. The lowest BCUT2D eigenvalue weighted by molar-refractivity contribution is 0.200. The van der Waals surface area contributed by atoms with E-state index in [0.717, 1.165) is 58.2 Å². The van der Waals surface area contributed by atoms with Gasteiger partial charge in [-0.05, 0) is 68.2 Å². The third-order valence-corrected chi connectivity index (χ3v) is 6.14. The van der Waals surface area contributed by atoms with E-state index in [-0.39, 0.29) is 6.10 Å². The molecule has 3 aromatic carbocycles. The lowest BCUT2D eigenvalue weighted by Crippen LogP contribution is -2.12. The molecule has 1 aliphatic rings. The van der Waals surface area contributed by atoms with Gasteiger partial charge >= 0.3 is 0 Å². The number of hydrogen-bond donors (Lipinski definition) is 0. The molecule has 4 aromatic rings. The second kappa shape index (κ2) is 9.41. The molecule has 168 valence electrons. The maximum atomic E-state index is 6.40. The van der Waals surface area contributed by atoms with Gasteiger partial charge in [0.2, 0.25) is 0 Å². The van der Waals surface area contributed by atoms with Crippen molar-refractivity contribution < 1.29 is 14.2 Å². The van der Waals surface area contributed by atoms with E-state index in [1.54, 1.807) is 14.2 Å². The van der Waals surface area contributed by atoms with Gasteiger partial charge in [-0.3, -0.25) is 4.57 Å². The monoisotopic (exact) mass is 440 g/mol. The van der Waals surface area contributed by atoms with Crippen molar-refractivity contribution in [2.45, 2.75) is 31.8 Å². The summed E-state index contributed by atoms with van der Waals surface area (Å²) in [5.74, 6) is 3.16. The van der Waals surface area contributed by atoms with E-state index in [9.17, 15) is 0 Å². The predicted molar refractivity (Wildman–Crippen MR) is 132 cm³/mol. The largest absolute Gasteiger partial charge is 0.495 e. The topological polar surface area (TPSA) is 45.5 Å². The highest BCUT2D eigenvalue weighted by molar-refractivity contribution is 5.83. The highest BCUT2D eigenvalue weighted by Crippen LogP contribution is 2.36. The fourth-order valence-electron chi connectivity index (χ4n) is 4.51. The minimum absolute atomic E-state index is 0.242. The number of imidazole rings is 1. The van der Waals surface area contributed by atoms with Gasteiger partial charge in [0.1, 0.15) is 11.6 Å². The van der Waals surface area contributed by atoms with E-state index in [4.69, 9.17) is 19.2 Å². The van der Waals surface area contributed by atoms with Gasteiger partial charge in [-0.25, -0.2) is 4.98 Å². The van der Waals surface area contributed by atoms with Crippen LogP contribution in [0.15, 0.2) is 66.7 Å². The summed E-state index contributed by atoms with van der Waals surface area (Å²) in [6.45, 7) is 0. The molecule has 0 spiro atoms. The first-order valence-electron chi connectivity index (χ1n) is 11.4. The number of rotatable bonds is 7. The van der Waals surface area contributed by atoms with Crippen LogP contribution in [0.1, 0.15) is 37.1 Å². The average molecular weight is 441 g/mol. The van der Waals surface area contributed by atoms with Crippen molar-refractivity contribution in [2.75, 3.05) is 14.2 Å². The molecule has 5 nitrogen and oxygen atoms in total. The van der Waals surface area contributed by atoms with Crippen molar-refractivity contribution in [1.29, 1.82) is 0 Å². The van der Waals surface area contributed by atoms with E-state index in [2.05, 4.69) is 22.8 Å². The molecule has 0 unspecified atom stereocenters. The van der Waals surface area contributed by atoms with Crippen LogP contribution in [0.3, 0.4) is 0 Å². The molecule has 0 N–H and O–H groups in total. The molecule has 0 bridgehead atoms. The summed E-state index contributed by atoms with van der Waals surface area (Å²) in [4.78, 5) is 4.90. The van der Waals surface area contributed by atoms with Gasteiger partial charge in [0.25, 0.3) is 0 Å². The molecule has 1 saturated carbocycles. The van der Waals surface area contributed by atoms with Crippen LogP contribution >= 0.6 is 0 Å². The van der Waals surface area contributed by atoms with E-state index in [0.29, 0.717) is 0 Å². The summed E-state index contributed by atoms with van der Waals surface area (Å²) in [7, 11) is 3.38. The molecule has 1 heterocycles. The number of benzene rings is 3. The Kier molecular flexibility index (Phi) is 6.03. The average Bonchev–Trinajstić information content (AvgIpc) is 3.50. The molecule has 0 atom stereocenters. The highest BCUT2D eigenvalue weighted by atomic mass is 16.5. The summed E-state index contributed by atoms with van der Waals surface area (Å²) in [6, 6.07) is 22.1. The molecule has 33 heavy (non-hydrogen) atoms. The molecule has 0 saturated heterocycles. The van der Waals surface area contributed by atoms with Gasteiger partial charge in [-0.1, -0.05) is 36.4 Å². The highest BCUT2D eigenvalue weighted by Gasteiger charge is 2.20. The second-order valence-corrected chi connectivity index (χ2v) is 8.20.